The molecule has 3 unspecified atom stereocenters. The van der Waals surface area contributed by atoms with E-state index in [1.165, 1.54) is 25.7 Å². The molecule has 0 amide bonds. The van der Waals surface area contributed by atoms with Gasteiger partial charge in [-0.1, -0.05) is 91.9 Å². The van der Waals surface area contributed by atoms with Crippen molar-refractivity contribution < 1.29 is 41.5 Å². The first-order chi connectivity index (χ1) is 17.2. The first-order valence-corrected chi connectivity index (χ1v) is 15.3. The molecule has 0 aromatic rings. The lowest BCUT2D eigenvalue weighted by Crippen LogP contribution is -2.38. The largest absolute Gasteiger partial charge is 0.436 e. The summed E-state index contributed by atoms with van der Waals surface area (Å²) in [4.78, 5) is 24.8. The van der Waals surface area contributed by atoms with E-state index in [0.717, 1.165) is 51.4 Å². The third-order valence-electron chi connectivity index (χ3n) is 5.75. The minimum atomic E-state index is -4.90. The van der Waals surface area contributed by atoms with Gasteiger partial charge in [0.25, 0.3) is 10.1 Å². The third kappa shape index (κ3) is 18.1. The minimum Gasteiger partial charge on any atom is -0.436 e. The van der Waals surface area contributed by atoms with Crippen molar-refractivity contribution in [2.75, 3.05) is 13.2 Å². The first kappa shape index (κ1) is 34.8. The Hall–Kier alpha value is -1.23. The van der Waals surface area contributed by atoms with E-state index in [1.54, 1.807) is 13.8 Å². The van der Waals surface area contributed by atoms with Crippen molar-refractivity contribution in [3.8, 4) is 0 Å². The standard InChI is InChI=1S/C26H50O9S/c1-5-9-11-13-15-17-19-32-24(7-3)34-23(27)21-22(36(29,30)31)26(28)35-25(8-4)33-20-18-16-14-12-10-6-2/h22,24-25H,5-21H2,1-4H3,(H,29,30,31). The summed E-state index contributed by atoms with van der Waals surface area (Å²) in [5.74, 6) is -2.21. The van der Waals surface area contributed by atoms with Gasteiger partial charge in [0.1, 0.15) is 0 Å². The molecule has 0 aromatic heterocycles. The first-order valence-electron chi connectivity index (χ1n) is 13.8. The molecule has 10 heteroatoms. The Kier molecular flexibility index (Phi) is 21.1. The van der Waals surface area contributed by atoms with Gasteiger partial charge in [0.15, 0.2) is 5.25 Å². The van der Waals surface area contributed by atoms with Gasteiger partial charge in [-0.25, -0.2) is 0 Å². The Balaban J connectivity index is 4.61. The highest BCUT2D eigenvalue weighted by molar-refractivity contribution is 7.87. The number of carbonyl (C=O) groups is 2. The summed E-state index contributed by atoms with van der Waals surface area (Å²) in [6.07, 6.45) is 10.9. The highest BCUT2D eigenvalue weighted by Crippen LogP contribution is 2.15. The molecule has 1 N–H and O–H groups in total. The van der Waals surface area contributed by atoms with E-state index < -0.39 is 46.3 Å². The maximum Gasteiger partial charge on any atom is 0.329 e. The van der Waals surface area contributed by atoms with Crippen molar-refractivity contribution in [1.29, 1.82) is 0 Å². The predicted octanol–water partition coefficient (Wildman–Crippen LogP) is 5.95. The van der Waals surface area contributed by atoms with Gasteiger partial charge in [-0.3, -0.25) is 14.1 Å². The van der Waals surface area contributed by atoms with E-state index in [2.05, 4.69) is 13.8 Å². The van der Waals surface area contributed by atoms with Crippen LogP contribution in [0.25, 0.3) is 0 Å². The van der Waals surface area contributed by atoms with Crippen molar-refractivity contribution in [3.05, 3.63) is 0 Å². The van der Waals surface area contributed by atoms with Gasteiger partial charge in [-0.2, -0.15) is 8.42 Å². The van der Waals surface area contributed by atoms with Crippen LogP contribution in [0.3, 0.4) is 0 Å². The summed E-state index contributed by atoms with van der Waals surface area (Å²) in [7, 11) is -4.90. The van der Waals surface area contributed by atoms with Crippen molar-refractivity contribution in [2.45, 2.75) is 142 Å². The predicted molar refractivity (Wildman–Crippen MR) is 139 cm³/mol. The molecule has 36 heavy (non-hydrogen) atoms. The zero-order chi connectivity index (χ0) is 27.2. The lowest BCUT2D eigenvalue weighted by atomic mass is 10.1. The van der Waals surface area contributed by atoms with E-state index in [9.17, 15) is 22.6 Å². The normalized spacial score (nSPS) is 14.2. The van der Waals surface area contributed by atoms with E-state index in [0.29, 0.717) is 26.1 Å². The van der Waals surface area contributed by atoms with Crippen molar-refractivity contribution in [1.82, 2.24) is 0 Å². The summed E-state index contributed by atoms with van der Waals surface area (Å²) in [5.41, 5.74) is 0. The molecule has 214 valence electrons. The SMILES string of the molecule is CCCCCCCCOC(CC)OC(=O)CC(C(=O)OC(CC)OCCCCCCCC)S(=O)(=O)O. The van der Waals surface area contributed by atoms with Gasteiger partial charge < -0.3 is 18.9 Å². The highest BCUT2D eigenvalue weighted by atomic mass is 32.2. The average Bonchev–Trinajstić information content (AvgIpc) is 2.83. The highest BCUT2D eigenvalue weighted by Gasteiger charge is 2.37. The topological polar surface area (TPSA) is 125 Å². The molecule has 0 aliphatic heterocycles. The third-order valence-corrected chi connectivity index (χ3v) is 6.83. The molecule has 0 aliphatic rings. The summed E-state index contributed by atoms with van der Waals surface area (Å²) in [5, 5.41) is -2.09. The van der Waals surface area contributed by atoms with Gasteiger partial charge in [-0.05, 0) is 12.8 Å². The van der Waals surface area contributed by atoms with Crippen LogP contribution < -0.4 is 0 Å². The van der Waals surface area contributed by atoms with Gasteiger partial charge >= 0.3 is 11.9 Å². The lowest BCUT2D eigenvalue weighted by Gasteiger charge is -2.21. The number of unbranched alkanes of at least 4 members (excludes halogenated alkanes) is 10. The number of esters is 2. The second kappa shape index (κ2) is 21.8. The van der Waals surface area contributed by atoms with Gasteiger partial charge in [0.2, 0.25) is 12.6 Å². The molecule has 0 bridgehead atoms. The Morgan fingerprint density at radius 1 is 0.667 bits per heavy atom. The molecule has 0 saturated carbocycles. The number of hydrogen-bond donors (Lipinski definition) is 1. The van der Waals surface area contributed by atoms with E-state index in [1.807, 2.05) is 0 Å². The summed E-state index contributed by atoms with van der Waals surface area (Å²) < 4.78 is 54.6. The average molecular weight is 539 g/mol. The molecule has 0 spiro atoms. The molecule has 0 aliphatic carbocycles. The summed E-state index contributed by atoms with van der Waals surface area (Å²) in [6.45, 7) is 8.57. The number of ether oxygens (including phenoxy) is 4. The summed E-state index contributed by atoms with van der Waals surface area (Å²) >= 11 is 0. The van der Waals surface area contributed by atoms with Crippen LogP contribution in [0.5, 0.6) is 0 Å². The van der Waals surface area contributed by atoms with Crippen molar-refractivity contribution in [2.24, 2.45) is 0 Å². The second-order valence-corrected chi connectivity index (χ2v) is 10.7. The lowest BCUT2D eigenvalue weighted by molar-refractivity contribution is -0.186. The quantitative estimate of drug-likeness (QED) is 0.0687. The van der Waals surface area contributed by atoms with Gasteiger partial charge in [0, 0.05) is 12.8 Å². The fraction of sp³-hybridized carbons (Fsp3) is 0.923. The van der Waals surface area contributed by atoms with Gasteiger partial charge in [-0.15, -0.1) is 0 Å². The minimum absolute atomic E-state index is 0.300. The maximum absolute atomic E-state index is 12.5. The van der Waals surface area contributed by atoms with Crippen molar-refractivity contribution >= 4 is 22.1 Å². The Labute approximate surface area is 218 Å². The van der Waals surface area contributed by atoms with Crippen LogP contribution in [-0.2, 0) is 38.7 Å². The van der Waals surface area contributed by atoms with E-state index in [-0.39, 0.29) is 0 Å². The van der Waals surface area contributed by atoms with E-state index in [4.69, 9.17) is 18.9 Å². The zero-order valence-corrected chi connectivity index (χ0v) is 23.7. The molecule has 0 rings (SSSR count). The van der Waals surface area contributed by atoms with Crippen LogP contribution in [-0.4, -0.2) is 56.0 Å². The number of rotatable bonds is 24. The number of hydrogen-bond acceptors (Lipinski definition) is 8. The Morgan fingerprint density at radius 3 is 1.50 bits per heavy atom. The molecule has 0 radical (unpaired) electrons. The fourth-order valence-corrected chi connectivity index (χ4v) is 4.17. The molecular formula is C26H50O9S. The molecule has 0 heterocycles. The number of carbonyl (C=O) groups excluding carboxylic acids is 2. The molecular weight excluding hydrogens is 488 g/mol. The van der Waals surface area contributed by atoms with E-state index >= 15 is 0 Å². The van der Waals surface area contributed by atoms with Crippen LogP contribution in [0.1, 0.15) is 124 Å². The van der Waals surface area contributed by atoms with Crippen LogP contribution in [0.4, 0.5) is 0 Å². The monoisotopic (exact) mass is 538 g/mol. The maximum atomic E-state index is 12.5. The zero-order valence-electron chi connectivity index (χ0n) is 22.9. The van der Waals surface area contributed by atoms with Crippen LogP contribution in [0.15, 0.2) is 0 Å². The van der Waals surface area contributed by atoms with Crippen LogP contribution in [0, 0.1) is 0 Å². The van der Waals surface area contributed by atoms with Crippen molar-refractivity contribution in [3.63, 3.8) is 0 Å². The molecule has 0 aromatic carbocycles. The second-order valence-electron chi connectivity index (χ2n) is 9.09. The Bertz CT molecular complexity index is 666. The molecule has 3 atom stereocenters. The van der Waals surface area contributed by atoms with Gasteiger partial charge in [0.05, 0.1) is 19.6 Å². The summed E-state index contributed by atoms with van der Waals surface area (Å²) in [6, 6.07) is 0. The molecule has 0 fully saturated rings. The fourth-order valence-electron chi connectivity index (χ4n) is 3.53. The van der Waals surface area contributed by atoms with Crippen LogP contribution >= 0.6 is 0 Å². The molecule has 0 saturated heterocycles. The Morgan fingerprint density at radius 2 is 1.08 bits per heavy atom. The molecule has 9 nitrogen and oxygen atoms in total. The smallest absolute Gasteiger partial charge is 0.329 e. The van der Waals surface area contributed by atoms with Crippen LogP contribution in [0.2, 0.25) is 0 Å².